The molecule has 0 spiro atoms. The van der Waals surface area contributed by atoms with E-state index in [1.807, 2.05) is 6.07 Å². The maximum absolute atomic E-state index is 12.6. The highest BCUT2D eigenvalue weighted by Crippen LogP contribution is 2.47. The number of benzene rings is 1. The molecule has 0 unspecified atom stereocenters. The molecule has 4 rings (SSSR count). The molecule has 1 N–H and O–H groups in total. The molecule has 0 bridgehead atoms. The van der Waals surface area contributed by atoms with E-state index in [-0.39, 0.29) is 16.3 Å². The molecule has 10 heteroatoms. The van der Waals surface area contributed by atoms with E-state index >= 15 is 0 Å². The lowest BCUT2D eigenvalue weighted by atomic mass is 10.3. The Balaban J connectivity index is 1.51. The average molecular weight is 418 g/mol. The Kier molecular flexibility index (Phi) is 5.13. The molecule has 9 nitrogen and oxygen atoms in total. The molecule has 2 atom stereocenters. The number of nitro groups is 1. The number of hydrogen-bond donors (Lipinski definition) is 1. The van der Waals surface area contributed by atoms with Crippen molar-refractivity contribution in [3.8, 4) is 0 Å². The minimum absolute atomic E-state index is 0.0881. The van der Waals surface area contributed by atoms with E-state index in [1.54, 1.807) is 6.07 Å². The summed E-state index contributed by atoms with van der Waals surface area (Å²) in [4.78, 5) is 10.7. The van der Waals surface area contributed by atoms with Gasteiger partial charge in [0.15, 0.2) is 0 Å². The molecule has 1 saturated heterocycles. The fourth-order valence-corrected chi connectivity index (χ4v) is 5.05. The smallest absolute Gasteiger partial charge is 0.295 e. The lowest BCUT2D eigenvalue weighted by Gasteiger charge is -2.15. The fraction of sp³-hybridized carbons (Fsp3) is 0.421. The number of furan rings is 1. The van der Waals surface area contributed by atoms with Crippen molar-refractivity contribution in [3.63, 3.8) is 0 Å². The van der Waals surface area contributed by atoms with Gasteiger partial charge in [-0.3, -0.25) is 15.5 Å². The van der Waals surface area contributed by atoms with Crippen LogP contribution < -0.4 is 5.43 Å². The van der Waals surface area contributed by atoms with Crippen LogP contribution in [0.2, 0.25) is 0 Å². The predicted molar refractivity (Wildman–Crippen MR) is 108 cm³/mol. The lowest BCUT2D eigenvalue weighted by molar-refractivity contribution is -0.384. The molecule has 0 radical (unpaired) electrons. The van der Waals surface area contributed by atoms with Crippen LogP contribution in [0.15, 0.2) is 44.7 Å². The summed E-state index contributed by atoms with van der Waals surface area (Å²) < 4.78 is 32.4. The molecule has 154 valence electrons. The van der Waals surface area contributed by atoms with Crippen LogP contribution >= 0.6 is 0 Å². The second kappa shape index (κ2) is 7.60. The van der Waals surface area contributed by atoms with E-state index in [1.165, 1.54) is 22.7 Å². The first-order valence-electron chi connectivity index (χ1n) is 9.53. The minimum Gasteiger partial charge on any atom is -0.460 e. The van der Waals surface area contributed by atoms with Crippen LogP contribution in [0.3, 0.4) is 0 Å². The second-order valence-electron chi connectivity index (χ2n) is 7.48. The van der Waals surface area contributed by atoms with Crippen LogP contribution in [0.5, 0.6) is 0 Å². The zero-order valence-electron chi connectivity index (χ0n) is 15.9. The van der Waals surface area contributed by atoms with Gasteiger partial charge in [0.1, 0.15) is 17.2 Å². The molecule has 2 heterocycles. The van der Waals surface area contributed by atoms with Crippen LogP contribution in [-0.2, 0) is 10.0 Å². The van der Waals surface area contributed by atoms with E-state index in [0.717, 1.165) is 31.1 Å². The predicted octanol–water partition coefficient (Wildman–Crippen LogP) is 3.54. The Hall–Kier alpha value is -2.72. The van der Waals surface area contributed by atoms with Crippen molar-refractivity contribution in [2.75, 3.05) is 18.5 Å². The van der Waals surface area contributed by atoms with Crippen LogP contribution in [0.4, 0.5) is 11.4 Å². The normalized spacial score (nSPS) is 22.2. The summed E-state index contributed by atoms with van der Waals surface area (Å²) in [7, 11) is -3.73. The standard InChI is InChI=1S/C19H22N4O5S/c1-13-10-16(13)19-7-4-14(28-19)12-20-21-17-6-5-15(11-18(17)23(24)25)29(26,27)22-8-2-3-9-22/h4-7,11-13,16,21H,2-3,8-10H2,1H3/b20-12-/t13-,16+/m0/s1. The monoisotopic (exact) mass is 418 g/mol. The Labute approximate surface area is 168 Å². The topological polar surface area (TPSA) is 118 Å². The number of hydrogen-bond acceptors (Lipinski definition) is 7. The first kappa shape index (κ1) is 19.6. The van der Waals surface area contributed by atoms with Crippen molar-refractivity contribution >= 4 is 27.6 Å². The summed E-state index contributed by atoms with van der Waals surface area (Å²) in [6.07, 6.45) is 4.14. The van der Waals surface area contributed by atoms with Crippen molar-refractivity contribution in [1.29, 1.82) is 0 Å². The summed E-state index contributed by atoms with van der Waals surface area (Å²) >= 11 is 0. The molecule has 1 aromatic carbocycles. The van der Waals surface area contributed by atoms with Gasteiger partial charge in [0.25, 0.3) is 5.69 Å². The van der Waals surface area contributed by atoms with Gasteiger partial charge in [0, 0.05) is 25.1 Å². The van der Waals surface area contributed by atoms with Crippen molar-refractivity contribution < 1.29 is 17.8 Å². The summed E-state index contributed by atoms with van der Waals surface area (Å²) in [5.41, 5.74) is 2.37. The highest BCUT2D eigenvalue weighted by atomic mass is 32.2. The van der Waals surface area contributed by atoms with E-state index in [2.05, 4.69) is 17.5 Å². The van der Waals surface area contributed by atoms with Gasteiger partial charge < -0.3 is 4.42 Å². The molecular weight excluding hydrogens is 396 g/mol. The quantitative estimate of drug-likeness (QED) is 0.417. The molecule has 2 fully saturated rings. The number of nitrogens with one attached hydrogen (secondary N) is 1. The number of rotatable bonds is 7. The van der Waals surface area contributed by atoms with Crippen LogP contribution in [-0.4, -0.2) is 37.0 Å². The van der Waals surface area contributed by atoms with Gasteiger partial charge in [-0.1, -0.05) is 6.92 Å². The highest BCUT2D eigenvalue weighted by molar-refractivity contribution is 7.89. The van der Waals surface area contributed by atoms with Gasteiger partial charge in [-0.15, -0.1) is 0 Å². The first-order chi connectivity index (χ1) is 13.9. The van der Waals surface area contributed by atoms with Gasteiger partial charge in [-0.05, 0) is 49.4 Å². The largest absolute Gasteiger partial charge is 0.460 e. The molecule has 1 saturated carbocycles. The van der Waals surface area contributed by atoms with Crippen LogP contribution in [0.25, 0.3) is 0 Å². The zero-order chi connectivity index (χ0) is 20.6. The van der Waals surface area contributed by atoms with Crippen molar-refractivity contribution in [3.05, 3.63) is 52.0 Å². The van der Waals surface area contributed by atoms with E-state index in [0.29, 0.717) is 30.7 Å². The molecule has 29 heavy (non-hydrogen) atoms. The number of nitrogens with zero attached hydrogens (tertiary/aromatic N) is 3. The number of anilines is 1. The Morgan fingerprint density at radius 1 is 1.28 bits per heavy atom. The average Bonchev–Trinajstić information content (AvgIpc) is 3.11. The third-order valence-corrected chi connectivity index (χ3v) is 7.26. The van der Waals surface area contributed by atoms with E-state index in [4.69, 9.17) is 4.42 Å². The van der Waals surface area contributed by atoms with Gasteiger partial charge in [-0.25, -0.2) is 8.42 Å². The van der Waals surface area contributed by atoms with Gasteiger partial charge in [0.2, 0.25) is 10.0 Å². The lowest BCUT2D eigenvalue weighted by Crippen LogP contribution is -2.27. The summed E-state index contributed by atoms with van der Waals surface area (Å²) in [5, 5.41) is 15.5. The van der Waals surface area contributed by atoms with Crippen molar-refractivity contribution in [2.45, 2.75) is 37.0 Å². The third-order valence-electron chi connectivity index (χ3n) is 5.37. The number of nitro benzene ring substituents is 1. The van der Waals surface area contributed by atoms with Crippen molar-refractivity contribution in [1.82, 2.24) is 4.31 Å². The van der Waals surface area contributed by atoms with Gasteiger partial charge in [-0.2, -0.15) is 9.41 Å². The SMILES string of the molecule is C[C@H]1C[C@H]1c1ccc(/C=N\Nc2ccc(S(=O)(=O)N3CCCC3)cc2[N+](=O)[O-])o1. The molecular formula is C19H22N4O5S. The zero-order valence-corrected chi connectivity index (χ0v) is 16.8. The Bertz CT molecular complexity index is 1060. The molecule has 1 aliphatic carbocycles. The van der Waals surface area contributed by atoms with Gasteiger partial charge >= 0.3 is 0 Å². The van der Waals surface area contributed by atoms with Crippen LogP contribution in [0.1, 0.15) is 43.6 Å². The molecule has 2 aromatic rings. The minimum atomic E-state index is -3.73. The maximum Gasteiger partial charge on any atom is 0.295 e. The first-order valence-corrected chi connectivity index (χ1v) is 11.0. The molecule has 0 amide bonds. The summed E-state index contributed by atoms with van der Waals surface area (Å²) in [6.45, 7) is 3.03. The van der Waals surface area contributed by atoms with Crippen LogP contribution in [0, 0.1) is 16.0 Å². The number of sulfonamides is 1. The number of hydrazone groups is 1. The summed E-state index contributed by atoms with van der Waals surface area (Å²) in [5.74, 6) is 2.54. The Morgan fingerprint density at radius 2 is 2.00 bits per heavy atom. The summed E-state index contributed by atoms with van der Waals surface area (Å²) in [6, 6.07) is 7.50. The van der Waals surface area contributed by atoms with Crippen molar-refractivity contribution in [2.24, 2.45) is 11.0 Å². The van der Waals surface area contributed by atoms with E-state index in [9.17, 15) is 18.5 Å². The fourth-order valence-electron chi connectivity index (χ4n) is 3.52. The Morgan fingerprint density at radius 3 is 2.66 bits per heavy atom. The molecule has 2 aliphatic rings. The van der Waals surface area contributed by atoms with E-state index < -0.39 is 14.9 Å². The second-order valence-corrected chi connectivity index (χ2v) is 9.41. The molecule has 1 aromatic heterocycles. The third kappa shape index (κ3) is 4.03. The highest BCUT2D eigenvalue weighted by Gasteiger charge is 2.36. The van der Waals surface area contributed by atoms with Gasteiger partial charge in [0.05, 0.1) is 16.0 Å². The maximum atomic E-state index is 12.6. The molecule has 1 aliphatic heterocycles.